The molecular weight excluding hydrogens is 256 g/mol. The van der Waals surface area contributed by atoms with Crippen LogP contribution in [0.15, 0.2) is 59.9 Å². The maximum Gasteiger partial charge on any atom is 0.196 e. The van der Waals surface area contributed by atoms with Crippen LogP contribution in [0, 0.1) is 0 Å². The second-order valence-corrected chi connectivity index (χ2v) is 5.27. The molecular formula is C16H12O2S. The fourth-order valence-corrected chi connectivity index (χ4v) is 3.08. The van der Waals surface area contributed by atoms with Crippen LogP contribution in [-0.4, -0.2) is 6.61 Å². The van der Waals surface area contributed by atoms with Gasteiger partial charge in [-0.05, 0) is 30.3 Å². The molecule has 2 nitrogen and oxygen atoms in total. The molecule has 19 heavy (non-hydrogen) atoms. The van der Waals surface area contributed by atoms with Crippen molar-refractivity contribution in [3.63, 3.8) is 0 Å². The lowest BCUT2D eigenvalue weighted by Gasteiger charge is -2.05. The molecule has 0 aliphatic rings. The average molecular weight is 268 g/mol. The lowest BCUT2D eigenvalue weighted by Crippen LogP contribution is -2.01. The predicted octanol–water partition coefficient (Wildman–Crippen LogP) is 3.98. The van der Waals surface area contributed by atoms with Crippen molar-refractivity contribution in [2.75, 3.05) is 6.61 Å². The maximum absolute atomic E-state index is 12.4. The molecule has 3 aromatic rings. The van der Waals surface area contributed by atoms with Crippen molar-refractivity contribution < 1.29 is 4.74 Å². The van der Waals surface area contributed by atoms with Gasteiger partial charge in [0, 0.05) is 20.2 Å². The van der Waals surface area contributed by atoms with E-state index in [1.807, 2.05) is 42.5 Å². The van der Waals surface area contributed by atoms with E-state index in [1.165, 1.54) is 0 Å². The molecule has 3 heteroatoms. The predicted molar refractivity (Wildman–Crippen MR) is 81.3 cm³/mol. The summed E-state index contributed by atoms with van der Waals surface area (Å²) in [5.41, 5.74) is 0.0633. The molecule has 0 saturated carbocycles. The first-order valence-corrected chi connectivity index (χ1v) is 6.80. The quantitative estimate of drug-likeness (QED) is 0.530. The maximum atomic E-state index is 12.4. The smallest absolute Gasteiger partial charge is 0.196 e. The van der Waals surface area contributed by atoms with Gasteiger partial charge in [-0.1, -0.05) is 24.8 Å². The first-order valence-electron chi connectivity index (χ1n) is 5.99. The van der Waals surface area contributed by atoms with Crippen molar-refractivity contribution in [2.24, 2.45) is 0 Å². The molecule has 94 valence electrons. The summed E-state index contributed by atoms with van der Waals surface area (Å²) >= 11 is 1.62. The van der Waals surface area contributed by atoms with E-state index in [0.29, 0.717) is 17.7 Å². The van der Waals surface area contributed by atoms with Crippen LogP contribution in [0.2, 0.25) is 0 Å². The minimum atomic E-state index is 0.0633. The molecule has 0 atom stereocenters. The van der Waals surface area contributed by atoms with E-state index >= 15 is 0 Å². The standard InChI is InChI=1S/C16H12O2S/c1-2-9-18-11-7-8-15-13(10-11)16(17)12-5-3-4-6-14(12)19-15/h2-8,10H,1,9H2. The molecule has 2 aromatic carbocycles. The van der Waals surface area contributed by atoms with Crippen molar-refractivity contribution in [1.82, 2.24) is 0 Å². The van der Waals surface area contributed by atoms with Crippen molar-refractivity contribution in [3.05, 3.63) is 65.3 Å². The molecule has 0 amide bonds. The van der Waals surface area contributed by atoms with Gasteiger partial charge < -0.3 is 4.74 Å². The molecule has 0 saturated heterocycles. The molecule has 0 aliphatic carbocycles. The van der Waals surface area contributed by atoms with Crippen LogP contribution in [-0.2, 0) is 0 Å². The van der Waals surface area contributed by atoms with Gasteiger partial charge in [0.2, 0.25) is 0 Å². The summed E-state index contributed by atoms with van der Waals surface area (Å²) in [6.45, 7) is 4.05. The molecule has 0 radical (unpaired) electrons. The Labute approximate surface area is 114 Å². The van der Waals surface area contributed by atoms with Gasteiger partial charge in [0.1, 0.15) is 12.4 Å². The lowest BCUT2D eigenvalue weighted by atomic mass is 10.2. The van der Waals surface area contributed by atoms with Crippen molar-refractivity contribution >= 4 is 31.5 Å². The molecule has 0 unspecified atom stereocenters. The molecule has 0 aliphatic heterocycles. The monoisotopic (exact) mass is 268 g/mol. The summed E-state index contributed by atoms with van der Waals surface area (Å²) in [4.78, 5) is 12.4. The molecule has 1 aromatic heterocycles. The highest BCUT2D eigenvalue weighted by atomic mass is 32.1. The summed E-state index contributed by atoms with van der Waals surface area (Å²) in [5.74, 6) is 0.701. The van der Waals surface area contributed by atoms with E-state index in [1.54, 1.807) is 17.4 Å². The van der Waals surface area contributed by atoms with Crippen LogP contribution >= 0.6 is 11.3 Å². The fourth-order valence-electron chi connectivity index (χ4n) is 2.03. The van der Waals surface area contributed by atoms with Gasteiger partial charge in [-0.25, -0.2) is 0 Å². The van der Waals surface area contributed by atoms with Crippen molar-refractivity contribution in [1.29, 1.82) is 0 Å². The summed E-state index contributed by atoms with van der Waals surface area (Å²) < 4.78 is 7.47. The van der Waals surface area contributed by atoms with Gasteiger partial charge in [-0.15, -0.1) is 11.3 Å². The zero-order valence-electron chi connectivity index (χ0n) is 10.3. The third-order valence-electron chi connectivity index (χ3n) is 2.92. The average Bonchev–Trinajstić information content (AvgIpc) is 2.46. The zero-order valence-corrected chi connectivity index (χ0v) is 11.1. The normalized spacial score (nSPS) is 10.7. The first kappa shape index (κ1) is 11.9. The largest absolute Gasteiger partial charge is 0.490 e. The Morgan fingerprint density at radius 3 is 2.74 bits per heavy atom. The second kappa shape index (κ2) is 4.86. The van der Waals surface area contributed by atoms with Gasteiger partial charge in [0.25, 0.3) is 0 Å². The second-order valence-electron chi connectivity index (χ2n) is 4.18. The van der Waals surface area contributed by atoms with E-state index in [0.717, 1.165) is 14.8 Å². The van der Waals surface area contributed by atoms with Crippen LogP contribution in [0.1, 0.15) is 0 Å². The van der Waals surface area contributed by atoms with E-state index in [-0.39, 0.29) is 5.43 Å². The van der Waals surface area contributed by atoms with Crippen molar-refractivity contribution in [2.45, 2.75) is 0 Å². The highest BCUT2D eigenvalue weighted by Gasteiger charge is 2.06. The molecule has 1 heterocycles. The Morgan fingerprint density at radius 1 is 1.11 bits per heavy atom. The molecule has 0 N–H and O–H groups in total. The number of fused-ring (bicyclic) bond motifs is 2. The van der Waals surface area contributed by atoms with Crippen LogP contribution < -0.4 is 10.2 Å². The van der Waals surface area contributed by atoms with E-state index < -0.39 is 0 Å². The van der Waals surface area contributed by atoms with Gasteiger partial charge in [-0.2, -0.15) is 0 Å². The van der Waals surface area contributed by atoms with Gasteiger partial charge in [0.15, 0.2) is 5.43 Å². The summed E-state index contributed by atoms with van der Waals surface area (Å²) in [7, 11) is 0. The number of hydrogen-bond donors (Lipinski definition) is 0. The molecule has 0 bridgehead atoms. The molecule has 0 fully saturated rings. The number of hydrogen-bond acceptors (Lipinski definition) is 3. The van der Waals surface area contributed by atoms with Gasteiger partial charge in [0.05, 0.1) is 0 Å². The van der Waals surface area contributed by atoms with E-state index in [2.05, 4.69) is 6.58 Å². The van der Waals surface area contributed by atoms with Crippen LogP contribution in [0.25, 0.3) is 20.2 Å². The summed E-state index contributed by atoms with van der Waals surface area (Å²) in [5, 5.41) is 1.48. The summed E-state index contributed by atoms with van der Waals surface area (Å²) in [6, 6.07) is 13.3. The SMILES string of the molecule is C=CCOc1ccc2sc3ccccc3c(=O)c2c1. The molecule has 3 rings (SSSR count). The first-order chi connectivity index (χ1) is 9.29. The topological polar surface area (TPSA) is 26.3 Å². The van der Waals surface area contributed by atoms with Crippen LogP contribution in [0.5, 0.6) is 5.75 Å². The fraction of sp³-hybridized carbons (Fsp3) is 0.0625. The Kier molecular flexibility index (Phi) is 3.05. The number of benzene rings is 2. The Balaban J connectivity index is 2.27. The highest BCUT2D eigenvalue weighted by Crippen LogP contribution is 2.27. The Morgan fingerprint density at radius 2 is 1.89 bits per heavy atom. The lowest BCUT2D eigenvalue weighted by molar-refractivity contribution is 0.364. The summed E-state index contributed by atoms with van der Waals surface area (Å²) in [6.07, 6.45) is 1.69. The van der Waals surface area contributed by atoms with Crippen LogP contribution in [0.3, 0.4) is 0 Å². The van der Waals surface area contributed by atoms with Crippen molar-refractivity contribution in [3.8, 4) is 5.75 Å². The van der Waals surface area contributed by atoms with E-state index in [4.69, 9.17) is 4.74 Å². The third-order valence-corrected chi connectivity index (χ3v) is 4.07. The Hall–Kier alpha value is -2.13. The zero-order chi connectivity index (χ0) is 13.2. The van der Waals surface area contributed by atoms with E-state index in [9.17, 15) is 4.79 Å². The highest BCUT2D eigenvalue weighted by molar-refractivity contribution is 7.24. The molecule has 0 spiro atoms. The van der Waals surface area contributed by atoms with Crippen LogP contribution in [0.4, 0.5) is 0 Å². The minimum absolute atomic E-state index is 0.0633. The minimum Gasteiger partial charge on any atom is -0.490 e. The Bertz CT molecular complexity index is 818. The van der Waals surface area contributed by atoms with Gasteiger partial charge in [-0.3, -0.25) is 4.79 Å². The van der Waals surface area contributed by atoms with Gasteiger partial charge >= 0.3 is 0 Å². The number of ether oxygens (including phenoxy) is 1. The third kappa shape index (κ3) is 2.13. The number of rotatable bonds is 3.